The lowest BCUT2D eigenvalue weighted by molar-refractivity contribution is 0.118. The molecule has 1 aliphatic rings. The average molecular weight is 447 g/mol. The summed E-state index contributed by atoms with van der Waals surface area (Å²) < 4.78 is 43.9. The average Bonchev–Trinajstić information content (AvgIpc) is 3.38. The number of sulfonamides is 1. The Morgan fingerprint density at radius 3 is 2.70 bits per heavy atom. The summed E-state index contributed by atoms with van der Waals surface area (Å²) in [5.74, 6) is -1.43. The Labute approximate surface area is 177 Å². The largest absolute Gasteiger partial charge is 0.388 e. The van der Waals surface area contributed by atoms with Crippen molar-refractivity contribution in [3.8, 4) is 0 Å². The fraction of sp³-hybridized carbons (Fsp3) is 0.200. The lowest BCUT2D eigenvalue weighted by atomic mass is 9.80. The molecule has 0 saturated carbocycles. The van der Waals surface area contributed by atoms with Gasteiger partial charge in [-0.3, -0.25) is 9.40 Å². The molecule has 4 rings (SSSR count). The van der Waals surface area contributed by atoms with Gasteiger partial charge in [0.1, 0.15) is 5.82 Å². The topological polar surface area (TPSA) is 97.1 Å². The van der Waals surface area contributed by atoms with Crippen LogP contribution in [0.1, 0.15) is 23.3 Å². The van der Waals surface area contributed by atoms with Gasteiger partial charge in [0.15, 0.2) is 5.13 Å². The van der Waals surface area contributed by atoms with Gasteiger partial charge in [-0.15, -0.1) is 11.3 Å². The number of aromatic nitrogens is 3. The number of anilines is 1. The molecule has 10 heteroatoms. The molecule has 2 N–H and O–H groups in total. The number of allylic oxidation sites excluding steroid dienone is 3. The Kier molecular flexibility index (Phi) is 5.54. The van der Waals surface area contributed by atoms with Crippen molar-refractivity contribution in [3.63, 3.8) is 0 Å². The minimum atomic E-state index is -3.99. The van der Waals surface area contributed by atoms with Crippen LogP contribution in [0, 0.1) is 11.7 Å². The first-order valence-electron chi connectivity index (χ1n) is 9.09. The van der Waals surface area contributed by atoms with E-state index < -0.39 is 27.9 Å². The molecule has 2 heterocycles. The van der Waals surface area contributed by atoms with Gasteiger partial charge in [-0.25, -0.2) is 17.8 Å². The van der Waals surface area contributed by atoms with Crippen molar-refractivity contribution >= 4 is 26.5 Å². The molecule has 30 heavy (non-hydrogen) atoms. The third kappa shape index (κ3) is 3.93. The first kappa shape index (κ1) is 20.5. The fourth-order valence-electron chi connectivity index (χ4n) is 3.50. The van der Waals surface area contributed by atoms with Crippen LogP contribution in [-0.4, -0.2) is 28.3 Å². The van der Waals surface area contributed by atoms with Crippen molar-refractivity contribution in [2.75, 3.05) is 4.72 Å². The van der Waals surface area contributed by atoms with Gasteiger partial charge in [-0.05, 0) is 18.2 Å². The van der Waals surface area contributed by atoms with E-state index in [9.17, 15) is 17.9 Å². The van der Waals surface area contributed by atoms with E-state index in [2.05, 4.69) is 14.8 Å². The van der Waals surface area contributed by atoms with E-state index in [4.69, 9.17) is 0 Å². The van der Waals surface area contributed by atoms with Crippen LogP contribution >= 0.6 is 11.3 Å². The van der Waals surface area contributed by atoms with Crippen LogP contribution < -0.4 is 4.72 Å². The minimum Gasteiger partial charge on any atom is -0.388 e. The molecule has 0 fully saturated rings. The molecule has 0 bridgehead atoms. The lowest BCUT2D eigenvalue weighted by Gasteiger charge is -2.29. The number of hydrogen-bond acceptors (Lipinski definition) is 6. The first-order chi connectivity index (χ1) is 14.4. The lowest BCUT2D eigenvalue weighted by Crippen LogP contribution is -2.22. The van der Waals surface area contributed by atoms with Crippen molar-refractivity contribution in [1.29, 1.82) is 0 Å². The van der Waals surface area contributed by atoms with E-state index in [1.165, 1.54) is 18.3 Å². The summed E-state index contributed by atoms with van der Waals surface area (Å²) >= 11 is 1.12. The Morgan fingerprint density at radius 1 is 1.23 bits per heavy atom. The number of halogens is 1. The second kappa shape index (κ2) is 8.13. The fourth-order valence-corrected chi connectivity index (χ4v) is 5.30. The summed E-state index contributed by atoms with van der Waals surface area (Å²) in [5, 5.41) is 16.9. The second-order valence-corrected chi connectivity index (χ2v) is 9.40. The van der Waals surface area contributed by atoms with E-state index in [0.717, 1.165) is 23.1 Å². The van der Waals surface area contributed by atoms with Gasteiger partial charge in [-0.1, -0.05) is 30.4 Å². The number of hydrogen-bond donors (Lipinski definition) is 2. The Bertz CT molecular complexity index is 1200. The highest BCUT2D eigenvalue weighted by atomic mass is 32.2. The summed E-state index contributed by atoms with van der Waals surface area (Å²) in [6.07, 6.45) is 9.38. The van der Waals surface area contributed by atoms with Gasteiger partial charge in [-0.2, -0.15) is 5.10 Å². The van der Waals surface area contributed by atoms with Gasteiger partial charge in [0.05, 0.1) is 11.0 Å². The Balaban J connectivity index is 1.61. The van der Waals surface area contributed by atoms with Gasteiger partial charge >= 0.3 is 0 Å². The molecule has 0 aliphatic heterocycles. The monoisotopic (exact) mass is 446 g/mol. The summed E-state index contributed by atoms with van der Waals surface area (Å²) in [6, 6.07) is 5.35. The third-order valence-corrected chi connectivity index (χ3v) is 7.15. The Hall–Kier alpha value is -2.82. The van der Waals surface area contributed by atoms with E-state index >= 15 is 0 Å². The molecule has 1 aromatic carbocycles. The highest BCUT2D eigenvalue weighted by Gasteiger charge is 2.32. The predicted molar refractivity (Wildman–Crippen MR) is 112 cm³/mol. The third-order valence-electron chi connectivity index (χ3n) is 5.00. The normalized spacial score (nSPS) is 19.7. The molecule has 1 aliphatic carbocycles. The van der Waals surface area contributed by atoms with Gasteiger partial charge < -0.3 is 5.11 Å². The summed E-state index contributed by atoms with van der Waals surface area (Å²) in [5.41, 5.74) is 0.909. The molecule has 0 spiro atoms. The molecule has 3 unspecified atom stereocenters. The quantitative estimate of drug-likeness (QED) is 0.605. The standard InChI is InChI=1S/C20H19FN4O3S2/c1-25-18(8-9-23-25)14-4-2-3-5-15(14)19(26)16-7-6-13(12-17(16)21)30(27,28)24-20-22-10-11-29-20/h2-12,14-15,19,26H,1H3,(H,22,24). The number of rotatable bonds is 6. The smallest absolute Gasteiger partial charge is 0.263 e. The molecule has 3 atom stereocenters. The van der Waals surface area contributed by atoms with Crippen molar-refractivity contribution in [1.82, 2.24) is 14.8 Å². The van der Waals surface area contributed by atoms with E-state index in [-0.39, 0.29) is 21.5 Å². The highest BCUT2D eigenvalue weighted by molar-refractivity contribution is 7.93. The zero-order valence-electron chi connectivity index (χ0n) is 15.9. The van der Waals surface area contributed by atoms with Crippen molar-refractivity contribution in [2.24, 2.45) is 13.0 Å². The molecule has 0 amide bonds. The predicted octanol–water partition coefficient (Wildman–Crippen LogP) is 3.38. The van der Waals surface area contributed by atoms with Crippen LogP contribution in [0.25, 0.3) is 0 Å². The highest BCUT2D eigenvalue weighted by Crippen LogP contribution is 2.39. The maximum Gasteiger partial charge on any atom is 0.263 e. The molecule has 156 valence electrons. The molecule has 0 radical (unpaired) electrons. The summed E-state index contributed by atoms with van der Waals surface area (Å²) in [7, 11) is -2.18. The van der Waals surface area contributed by atoms with E-state index in [0.29, 0.717) is 0 Å². The zero-order chi connectivity index (χ0) is 21.3. The minimum absolute atomic E-state index is 0.0281. The SMILES string of the molecule is Cn1nccc1C1C=CC=CC1C(O)c1ccc(S(=O)(=O)Nc2nccs2)cc1F. The zero-order valence-corrected chi connectivity index (χ0v) is 17.5. The number of nitrogens with one attached hydrogen (secondary N) is 1. The number of benzene rings is 1. The maximum absolute atomic E-state index is 14.9. The summed E-state index contributed by atoms with van der Waals surface area (Å²) in [6.45, 7) is 0. The van der Waals surface area contributed by atoms with Gasteiger partial charge in [0.25, 0.3) is 10.0 Å². The molecule has 7 nitrogen and oxygen atoms in total. The van der Waals surface area contributed by atoms with Crippen molar-refractivity contribution in [2.45, 2.75) is 16.9 Å². The number of aliphatic hydroxyl groups is 1. The van der Waals surface area contributed by atoms with E-state index in [1.54, 1.807) is 29.4 Å². The van der Waals surface area contributed by atoms with Crippen LogP contribution in [0.2, 0.25) is 0 Å². The van der Waals surface area contributed by atoms with Crippen LogP contribution in [0.5, 0.6) is 0 Å². The first-order valence-corrected chi connectivity index (χ1v) is 11.5. The number of nitrogens with zero attached hydrogens (tertiary/aromatic N) is 3. The number of aliphatic hydroxyl groups excluding tert-OH is 1. The van der Waals surface area contributed by atoms with Crippen LogP contribution in [0.3, 0.4) is 0 Å². The molecule has 2 aromatic heterocycles. The van der Waals surface area contributed by atoms with Crippen molar-refractivity contribution < 1.29 is 17.9 Å². The van der Waals surface area contributed by atoms with E-state index in [1.807, 2.05) is 24.3 Å². The van der Waals surface area contributed by atoms with Crippen LogP contribution in [0.15, 0.2) is 71.2 Å². The molecule has 0 saturated heterocycles. The van der Waals surface area contributed by atoms with Gasteiger partial charge in [0, 0.05) is 47.9 Å². The van der Waals surface area contributed by atoms with Crippen LogP contribution in [-0.2, 0) is 17.1 Å². The Morgan fingerprint density at radius 2 is 2.03 bits per heavy atom. The van der Waals surface area contributed by atoms with Crippen LogP contribution in [0.4, 0.5) is 9.52 Å². The number of thiazole rings is 1. The summed E-state index contributed by atoms with van der Waals surface area (Å²) in [4.78, 5) is 3.63. The molecular formula is C20H19FN4O3S2. The molecular weight excluding hydrogens is 427 g/mol. The molecule has 3 aromatic rings. The van der Waals surface area contributed by atoms with Crippen molar-refractivity contribution in [3.05, 3.63) is 83.4 Å². The number of aryl methyl sites for hydroxylation is 1. The maximum atomic E-state index is 14.9. The van der Waals surface area contributed by atoms with Gasteiger partial charge in [0.2, 0.25) is 0 Å². The second-order valence-electron chi connectivity index (χ2n) is 6.82.